The minimum atomic E-state index is -0.517. The van der Waals surface area contributed by atoms with Gasteiger partial charge < -0.3 is 4.90 Å². The van der Waals surface area contributed by atoms with Gasteiger partial charge in [-0.3, -0.25) is 0 Å². The van der Waals surface area contributed by atoms with Gasteiger partial charge in [-0.2, -0.15) is 0 Å². The Morgan fingerprint density at radius 2 is 0.712 bits per heavy atom. The van der Waals surface area contributed by atoms with Crippen LogP contribution in [-0.2, 0) is 16.2 Å². The molecule has 10 aromatic rings. The van der Waals surface area contributed by atoms with Crippen molar-refractivity contribution in [3.8, 4) is 44.5 Å². The summed E-state index contributed by atoms with van der Waals surface area (Å²) in [6.45, 7) is 9.62. The standard InChI is InChI=1S/C65H49N/c1-63(2)57-30-18-16-27-49(57)51-35-32-45(38-59(51)63)66(46-34-37-53-56-41-55(42-20-8-5-9-21-42)48-26-14-15-29-54(48)62(56)64(3,4)60(53)39-46)47-33-36-52-50-28-17-19-31-58(50)65(61(52)40-47,43-22-10-6-11-23-43)44-24-12-7-13-25-44/h5-41H,1-4H3. The number of nitrogens with zero attached hydrogens (tertiary/aromatic N) is 1. The maximum Gasteiger partial charge on any atom is 0.0714 e. The molecule has 0 unspecified atom stereocenters. The third-order valence-electron chi connectivity index (χ3n) is 15.5. The second-order valence-electron chi connectivity index (χ2n) is 19.6. The molecule has 0 aromatic heterocycles. The minimum Gasteiger partial charge on any atom is -0.310 e. The SMILES string of the molecule is CC1(C)c2ccccc2-c2ccc(N(c3ccc4c(c3)C(C)(C)c3c-4cc(-c4ccccc4)c4ccccc34)c3ccc4c(c3)C(c3ccccc3)(c3ccccc3)c3ccccc3-4)cc21. The molecule has 0 heterocycles. The molecule has 0 aliphatic heterocycles. The molecule has 0 atom stereocenters. The number of hydrogen-bond acceptors (Lipinski definition) is 1. The molecule has 0 bridgehead atoms. The molecule has 3 aliphatic rings. The molecule has 314 valence electrons. The van der Waals surface area contributed by atoms with Gasteiger partial charge in [0.2, 0.25) is 0 Å². The Morgan fingerprint density at radius 3 is 1.32 bits per heavy atom. The monoisotopic (exact) mass is 843 g/mol. The first-order chi connectivity index (χ1) is 32.3. The van der Waals surface area contributed by atoms with Crippen LogP contribution >= 0.6 is 0 Å². The number of hydrogen-bond donors (Lipinski definition) is 0. The van der Waals surface area contributed by atoms with E-state index in [2.05, 4.69) is 257 Å². The van der Waals surface area contributed by atoms with Gasteiger partial charge in [0.1, 0.15) is 0 Å². The smallest absolute Gasteiger partial charge is 0.0714 e. The van der Waals surface area contributed by atoms with Gasteiger partial charge in [0, 0.05) is 27.9 Å². The van der Waals surface area contributed by atoms with Crippen molar-refractivity contribution in [2.45, 2.75) is 43.9 Å². The van der Waals surface area contributed by atoms with E-state index in [1.54, 1.807) is 0 Å². The third kappa shape index (κ3) is 5.29. The fourth-order valence-electron chi connectivity index (χ4n) is 12.5. The highest BCUT2D eigenvalue weighted by Gasteiger charge is 2.47. The zero-order valence-electron chi connectivity index (χ0n) is 37.8. The summed E-state index contributed by atoms with van der Waals surface area (Å²) < 4.78 is 0. The first-order valence-electron chi connectivity index (χ1n) is 23.4. The summed E-state index contributed by atoms with van der Waals surface area (Å²) in [7, 11) is 0. The molecule has 66 heavy (non-hydrogen) atoms. The average Bonchev–Trinajstić information content (AvgIpc) is 3.89. The van der Waals surface area contributed by atoms with Crippen LogP contribution in [-0.4, -0.2) is 0 Å². The fraction of sp³-hybridized carbons (Fsp3) is 0.108. The number of fused-ring (bicyclic) bond motifs is 11. The van der Waals surface area contributed by atoms with E-state index < -0.39 is 5.41 Å². The summed E-state index contributed by atoms with van der Waals surface area (Å²) >= 11 is 0. The van der Waals surface area contributed by atoms with E-state index in [4.69, 9.17) is 0 Å². The van der Waals surface area contributed by atoms with E-state index in [0.29, 0.717) is 0 Å². The second-order valence-corrected chi connectivity index (χ2v) is 19.6. The molecule has 0 amide bonds. The summed E-state index contributed by atoms with van der Waals surface area (Å²) in [5.74, 6) is 0. The Hall–Kier alpha value is -7.74. The summed E-state index contributed by atoms with van der Waals surface area (Å²) in [6.07, 6.45) is 0. The largest absolute Gasteiger partial charge is 0.310 e. The summed E-state index contributed by atoms with van der Waals surface area (Å²) in [5.41, 5.74) is 23.5. The van der Waals surface area contributed by atoms with Crippen molar-refractivity contribution in [1.29, 1.82) is 0 Å². The van der Waals surface area contributed by atoms with Gasteiger partial charge in [0.25, 0.3) is 0 Å². The molecular formula is C65H49N. The van der Waals surface area contributed by atoms with Gasteiger partial charge in [-0.1, -0.05) is 210 Å². The lowest BCUT2D eigenvalue weighted by Gasteiger charge is -2.35. The quantitative estimate of drug-likeness (QED) is 0.161. The van der Waals surface area contributed by atoms with Crippen LogP contribution in [0.1, 0.15) is 72.2 Å². The van der Waals surface area contributed by atoms with Gasteiger partial charge in [-0.15, -0.1) is 0 Å². The maximum absolute atomic E-state index is 2.54. The number of rotatable bonds is 6. The van der Waals surface area contributed by atoms with Crippen molar-refractivity contribution < 1.29 is 0 Å². The van der Waals surface area contributed by atoms with Gasteiger partial charge in [0.05, 0.1) is 5.41 Å². The van der Waals surface area contributed by atoms with E-state index >= 15 is 0 Å². The lowest BCUT2D eigenvalue weighted by atomic mass is 9.67. The Balaban J connectivity index is 1.06. The Bertz CT molecular complexity index is 3540. The van der Waals surface area contributed by atoms with E-state index in [-0.39, 0.29) is 10.8 Å². The zero-order chi connectivity index (χ0) is 44.4. The molecule has 3 aliphatic carbocycles. The molecule has 0 N–H and O–H groups in total. The van der Waals surface area contributed by atoms with Crippen LogP contribution < -0.4 is 4.90 Å². The summed E-state index contributed by atoms with van der Waals surface area (Å²) in [4.78, 5) is 2.54. The van der Waals surface area contributed by atoms with Crippen LogP contribution in [0.2, 0.25) is 0 Å². The van der Waals surface area contributed by atoms with Gasteiger partial charge >= 0.3 is 0 Å². The third-order valence-corrected chi connectivity index (χ3v) is 15.5. The van der Waals surface area contributed by atoms with Crippen LogP contribution in [0.25, 0.3) is 55.3 Å². The van der Waals surface area contributed by atoms with E-state index in [1.807, 2.05) is 0 Å². The first-order valence-corrected chi connectivity index (χ1v) is 23.4. The average molecular weight is 844 g/mol. The van der Waals surface area contributed by atoms with Gasteiger partial charge in [-0.25, -0.2) is 0 Å². The van der Waals surface area contributed by atoms with Crippen molar-refractivity contribution in [2.75, 3.05) is 4.90 Å². The van der Waals surface area contributed by atoms with Gasteiger partial charge in [-0.05, 0) is 142 Å². The van der Waals surface area contributed by atoms with Crippen molar-refractivity contribution in [3.63, 3.8) is 0 Å². The maximum atomic E-state index is 2.54. The molecule has 0 radical (unpaired) electrons. The Labute approximate surface area is 388 Å². The summed E-state index contributed by atoms with van der Waals surface area (Å²) in [6, 6.07) is 84.4. The highest BCUT2D eigenvalue weighted by molar-refractivity contribution is 6.06. The Kier molecular flexibility index (Phi) is 8.28. The highest BCUT2D eigenvalue weighted by Crippen LogP contribution is 2.59. The van der Waals surface area contributed by atoms with Crippen molar-refractivity contribution in [2.24, 2.45) is 0 Å². The first kappa shape index (κ1) is 38.7. The minimum absolute atomic E-state index is 0.151. The molecular weight excluding hydrogens is 795 g/mol. The topological polar surface area (TPSA) is 3.24 Å². The van der Waals surface area contributed by atoms with Gasteiger partial charge in [0.15, 0.2) is 0 Å². The molecule has 0 spiro atoms. The van der Waals surface area contributed by atoms with Crippen LogP contribution in [0.4, 0.5) is 17.1 Å². The predicted molar refractivity (Wildman–Crippen MR) is 276 cm³/mol. The van der Waals surface area contributed by atoms with Crippen LogP contribution in [0, 0.1) is 0 Å². The molecule has 0 saturated carbocycles. The van der Waals surface area contributed by atoms with Crippen molar-refractivity contribution in [1.82, 2.24) is 0 Å². The van der Waals surface area contributed by atoms with Crippen molar-refractivity contribution >= 4 is 27.8 Å². The Morgan fingerprint density at radius 1 is 0.288 bits per heavy atom. The predicted octanol–water partition coefficient (Wildman–Crippen LogP) is 17.0. The lowest BCUT2D eigenvalue weighted by molar-refractivity contribution is 0.660. The zero-order valence-corrected chi connectivity index (χ0v) is 37.8. The van der Waals surface area contributed by atoms with Crippen LogP contribution in [0.3, 0.4) is 0 Å². The second kappa shape index (κ2) is 14.1. The highest BCUT2D eigenvalue weighted by atomic mass is 15.1. The fourth-order valence-corrected chi connectivity index (χ4v) is 12.5. The van der Waals surface area contributed by atoms with E-state index in [9.17, 15) is 0 Å². The number of benzene rings is 10. The molecule has 0 fully saturated rings. The molecule has 13 rings (SSSR count). The molecule has 10 aromatic carbocycles. The number of anilines is 3. The lowest BCUT2D eigenvalue weighted by Crippen LogP contribution is -2.28. The summed E-state index contributed by atoms with van der Waals surface area (Å²) in [5, 5.41) is 2.62. The molecule has 1 heteroatoms. The normalized spacial score (nSPS) is 15.0. The van der Waals surface area contributed by atoms with E-state index in [1.165, 1.54) is 99.8 Å². The van der Waals surface area contributed by atoms with Crippen LogP contribution in [0.5, 0.6) is 0 Å². The molecule has 1 nitrogen and oxygen atoms in total. The van der Waals surface area contributed by atoms with E-state index in [0.717, 1.165) is 17.1 Å². The van der Waals surface area contributed by atoms with Crippen molar-refractivity contribution in [3.05, 3.63) is 269 Å². The molecule has 0 saturated heterocycles. The van der Waals surface area contributed by atoms with Crippen LogP contribution in [0.15, 0.2) is 224 Å².